The van der Waals surface area contributed by atoms with E-state index in [0.29, 0.717) is 3.63 Å². The molecule has 32 heavy (non-hydrogen) atoms. The van der Waals surface area contributed by atoms with Gasteiger partial charge in [-0.2, -0.15) is 0 Å². The maximum absolute atomic E-state index is 13.6. The van der Waals surface area contributed by atoms with E-state index in [1.807, 2.05) is 18.2 Å². The first kappa shape index (κ1) is 27.1. The van der Waals surface area contributed by atoms with Crippen molar-refractivity contribution in [2.24, 2.45) is 0 Å². The zero-order valence-electron chi connectivity index (χ0n) is 19.2. The smallest absolute Gasteiger partial charge is 1.00 e. The number of hydrogen-bond donors (Lipinski definition) is 1. The Bertz CT molecular complexity index is 1050. The molecular weight excluding hydrogens is 533 g/mol. The second-order valence-corrected chi connectivity index (χ2v) is 28.2. The van der Waals surface area contributed by atoms with Crippen LogP contribution in [0.15, 0.2) is 72.8 Å². The van der Waals surface area contributed by atoms with E-state index >= 15 is 0 Å². The number of nitrogens with one attached hydrogen (secondary N) is 1. The zero-order chi connectivity index (χ0) is 21.5. The molecule has 0 saturated heterocycles. The number of benzene rings is 3. The molecular formula is C26H30Cl2NOSiZr. The van der Waals surface area contributed by atoms with Gasteiger partial charge < -0.3 is 24.8 Å². The van der Waals surface area contributed by atoms with Crippen LogP contribution in [0.2, 0.25) is 13.1 Å². The summed E-state index contributed by atoms with van der Waals surface area (Å²) in [5.41, 5.74) is 7.49. The van der Waals surface area contributed by atoms with Crippen LogP contribution >= 0.6 is 0 Å². The fourth-order valence-electron chi connectivity index (χ4n) is 4.57. The Morgan fingerprint density at radius 3 is 1.78 bits per heavy atom. The van der Waals surface area contributed by atoms with Crippen molar-refractivity contribution < 1.29 is 50.8 Å². The number of carbonyl (C=O) groups is 1. The van der Waals surface area contributed by atoms with E-state index < -0.39 is 27.1 Å². The van der Waals surface area contributed by atoms with Crippen LogP contribution in [0.3, 0.4) is 0 Å². The molecule has 0 fully saturated rings. The van der Waals surface area contributed by atoms with Gasteiger partial charge in [0, 0.05) is 0 Å². The van der Waals surface area contributed by atoms with Crippen molar-refractivity contribution in [3.63, 3.8) is 0 Å². The van der Waals surface area contributed by atoms with Crippen LogP contribution in [-0.4, -0.2) is 11.8 Å². The summed E-state index contributed by atoms with van der Waals surface area (Å²) < 4.78 is 4.10. The van der Waals surface area contributed by atoms with Crippen LogP contribution in [0.5, 0.6) is 0 Å². The van der Waals surface area contributed by atoms with Crippen LogP contribution in [0.4, 0.5) is 0 Å². The quantitative estimate of drug-likeness (QED) is 0.447. The molecule has 4 rings (SSSR count). The minimum absolute atomic E-state index is 0. The van der Waals surface area contributed by atoms with Crippen molar-refractivity contribution in [2.45, 2.75) is 42.9 Å². The Morgan fingerprint density at radius 1 is 0.812 bits per heavy atom. The summed E-state index contributed by atoms with van der Waals surface area (Å²) >= 11 is -2.32. The molecule has 0 spiro atoms. The first-order valence-corrected chi connectivity index (χ1v) is 20.5. The Labute approximate surface area is 213 Å². The van der Waals surface area contributed by atoms with E-state index in [0.717, 1.165) is 11.1 Å². The maximum atomic E-state index is 13.6. The molecule has 0 unspecified atom stereocenters. The van der Waals surface area contributed by atoms with Crippen LogP contribution in [0, 0.1) is 0 Å². The fraction of sp³-hybridized carbons (Fsp3) is 0.269. The SMILES string of the molecule is C[SiH](C)[Zr+2]([NH]C(=O)c1ccccc1C(C)(C)C)[CH]1c2ccccc2-c2ccccc21.[Cl-].[Cl-]. The minimum atomic E-state index is -2.32. The van der Waals surface area contributed by atoms with Crippen molar-refractivity contribution in [3.05, 3.63) is 95.1 Å². The monoisotopic (exact) mass is 560 g/mol. The van der Waals surface area contributed by atoms with Crippen molar-refractivity contribution in [2.75, 3.05) is 0 Å². The summed E-state index contributed by atoms with van der Waals surface area (Å²) in [7, 11) is 0. The van der Waals surface area contributed by atoms with Gasteiger partial charge in [0.05, 0.1) is 0 Å². The van der Waals surface area contributed by atoms with E-state index in [9.17, 15) is 4.79 Å². The van der Waals surface area contributed by atoms with Gasteiger partial charge in [-0.25, -0.2) is 0 Å². The molecule has 2 nitrogen and oxygen atoms in total. The summed E-state index contributed by atoms with van der Waals surface area (Å²) in [5.74, 6) is -0.892. The van der Waals surface area contributed by atoms with Crippen molar-refractivity contribution in [1.29, 1.82) is 0 Å². The third-order valence-corrected chi connectivity index (χ3v) is 23.6. The average Bonchev–Trinajstić information content (AvgIpc) is 3.05. The molecule has 0 bridgehead atoms. The van der Waals surface area contributed by atoms with Gasteiger partial charge in [0.15, 0.2) is 0 Å². The second-order valence-electron chi connectivity index (χ2n) is 9.47. The number of fused-ring (bicyclic) bond motifs is 3. The summed E-state index contributed by atoms with van der Waals surface area (Å²) in [6, 6.07) is 25.7. The van der Waals surface area contributed by atoms with Gasteiger partial charge in [-0.1, -0.05) is 0 Å². The van der Waals surface area contributed by atoms with E-state index in [4.69, 9.17) is 0 Å². The van der Waals surface area contributed by atoms with E-state index in [-0.39, 0.29) is 36.1 Å². The Hall–Kier alpha value is -1.19. The largest absolute Gasteiger partial charge is 1.00 e. The maximum Gasteiger partial charge on any atom is -1.00 e. The molecule has 1 aliphatic rings. The molecule has 0 aromatic heterocycles. The second kappa shape index (κ2) is 10.8. The third kappa shape index (κ3) is 5.14. The molecule has 1 N–H and O–H groups in total. The van der Waals surface area contributed by atoms with Gasteiger partial charge in [0.2, 0.25) is 0 Å². The van der Waals surface area contributed by atoms with Gasteiger partial charge in [-0.3, -0.25) is 0 Å². The fourth-order valence-corrected chi connectivity index (χ4v) is 19.7. The Kier molecular flexibility index (Phi) is 9.15. The first-order valence-electron chi connectivity index (χ1n) is 10.7. The first-order chi connectivity index (χ1) is 14.3. The van der Waals surface area contributed by atoms with E-state index in [1.54, 1.807) is 0 Å². The molecule has 167 valence electrons. The van der Waals surface area contributed by atoms with E-state index in [2.05, 4.69) is 91.7 Å². The summed E-state index contributed by atoms with van der Waals surface area (Å²) in [6.07, 6.45) is 0. The molecule has 0 radical (unpaired) electrons. The van der Waals surface area contributed by atoms with Gasteiger partial charge in [-0.15, -0.1) is 0 Å². The summed E-state index contributed by atoms with van der Waals surface area (Å²) in [6.45, 7) is 11.4. The molecule has 0 saturated carbocycles. The van der Waals surface area contributed by atoms with Crippen LogP contribution in [-0.2, 0) is 26.6 Å². The normalized spacial score (nSPS) is 12.3. The Balaban J connectivity index is 0.00000181. The van der Waals surface area contributed by atoms with Crippen LogP contribution in [0.25, 0.3) is 11.1 Å². The van der Waals surface area contributed by atoms with Gasteiger partial charge >= 0.3 is 190 Å². The van der Waals surface area contributed by atoms with Crippen molar-refractivity contribution >= 4 is 11.8 Å². The van der Waals surface area contributed by atoms with Crippen LogP contribution < -0.4 is 28.1 Å². The topological polar surface area (TPSA) is 29.1 Å². The predicted molar refractivity (Wildman–Crippen MR) is 125 cm³/mol. The number of halogens is 2. The van der Waals surface area contributed by atoms with Gasteiger partial charge in [0.1, 0.15) is 0 Å². The molecule has 3 aromatic rings. The molecule has 6 heteroatoms. The van der Waals surface area contributed by atoms with E-state index in [1.165, 1.54) is 22.3 Å². The molecule has 0 aliphatic heterocycles. The zero-order valence-corrected chi connectivity index (χ0v) is 24.4. The standard InChI is InChI=1S/C13H9.C11H15NO.C2H7Si.2ClH.Zr/c1-3-7-12-10(5-1)9-11-6-2-4-8-13(11)12;1-11(2,3)9-7-5-4-6-8(9)10(12)13;1-3-2;;;/h1-9H;4-7H,1-3H3,(H2,12,13);3H,1-2H3;2*1H;/q;;;;;+3/p-3. The minimum Gasteiger partial charge on any atom is -1.00 e. The molecule has 1 amide bonds. The van der Waals surface area contributed by atoms with Crippen molar-refractivity contribution in [3.8, 4) is 11.1 Å². The number of carbonyl (C=O) groups excluding carboxylic acids is 1. The van der Waals surface area contributed by atoms with Crippen molar-refractivity contribution in [1.82, 2.24) is 3.26 Å². The third-order valence-electron chi connectivity index (χ3n) is 6.00. The number of amides is 1. The average molecular weight is 563 g/mol. The van der Waals surface area contributed by atoms with Gasteiger partial charge in [-0.05, 0) is 0 Å². The van der Waals surface area contributed by atoms with Gasteiger partial charge in [0.25, 0.3) is 0 Å². The number of rotatable bonds is 4. The molecule has 3 aromatic carbocycles. The Morgan fingerprint density at radius 2 is 1.28 bits per heavy atom. The molecule has 0 heterocycles. The predicted octanol–water partition coefficient (Wildman–Crippen LogP) is 0.00850. The molecule has 0 atom stereocenters. The van der Waals surface area contributed by atoms with Crippen LogP contribution in [0.1, 0.15) is 51.4 Å². The molecule has 1 aliphatic carbocycles. The summed E-state index contributed by atoms with van der Waals surface area (Å²) in [4.78, 5) is 13.6. The number of hydrogen-bond acceptors (Lipinski definition) is 1. The summed E-state index contributed by atoms with van der Waals surface area (Å²) in [5, 5.41) is 0.